The van der Waals surface area contributed by atoms with Crippen LogP contribution in [-0.4, -0.2) is 26.3 Å². The normalized spacial score (nSPS) is 10.1. The molecule has 0 amide bonds. The van der Waals surface area contributed by atoms with Crippen LogP contribution in [0.15, 0.2) is 18.0 Å². The van der Waals surface area contributed by atoms with E-state index >= 15 is 0 Å². The minimum Gasteiger partial charge on any atom is -0.309 e. The van der Waals surface area contributed by atoms with Crippen LogP contribution in [-0.2, 0) is 13.1 Å². The van der Waals surface area contributed by atoms with Gasteiger partial charge in [0.25, 0.3) is 0 Å². The highest BCUT2D eigenvalue weighted by atomic mass is 35.5. The lowest BCUT2D eigenvalue weighted by molar-refractivity contribution is 0.551. The molecule has 7 heteroatoms. The Labute approximate surface area is 104 Å². The number of thiazole rings is 1. The molecule has 0 unspecified atom stereocenters. The molecule has 2 heterocycles. The Morgan fingerprint density at radius 1 is 1.50 bits per heavy atom. The number of hydrogen-bond acceptors (Lipinski definition) is 5. The molecule has 0 aromatic carbocycles. The van der Waals surface area contributed by atoms with Gasteiger partial charge in [-0.3, -0.25) is 4.68 Å². The molecule has 0 aliphatic rings. The summed E-state index contributed by atoms with van der Waals surface area (Å²) in [5.74, 6) is 0. The third-order valence-corrected chi connectivity index (χ3v) is 2.78. The fraction of sp³-hybridized carbons (Fsp3) is 0.444. The van der Waals surface area contributed by atoms with Crippen LogP contribution in [0.3, 0.4) is 0 Å². The predicted octanol–water partition coefficient (Wildman–Crippen LogP) is 1.25. The summed E-state index contributed by atoms with van der Waals surface area (Å²) in [5.41, 5.74) is 1.11. The maximum atomic E-state index is 4.37. The molecule has 0 saturated carbocycles. The van der Waals surface area contributed by atoms with Crippen molar-refractivity contribution in [2.75, 3.05) is 6.54 Å². The minimum absolute atomic E-state index is 0. The van der Waals surface area contributed by atoms with Crippen molar-refractivity contribution in [3.8, 4) is 0 Å². The average molecular weight is 260 g/mol. The lowest BCUT2D eigenvalue weighted by atomic mass is 10.4. The Bertz CT molecular complexity index is 400. The predicted molar refractivity (Wildman–Crippen MR) is 65.8 cm³/mol. The number of rotatable bonds is 5. The average Bonchev–Trinajstić information content (AvgIpc) is 2.84. The van der Waals surface area contributed by atoms with E-state index in [2.05, 4.69) is 25.8 Å². The highest BCUT2D eigenvalue weighted by Crippen LogP contribution is 2.06. The number of nitrogens with zero attached hydrogens (tertiary/aromatic N) is 4. The number of halogens is 1. The summed E-state index contributed by atoms with van der Waals surface area (Å²) >= 11 is 1.68. The molecule has 0 fully saturated rings. The molecule has 0 saturated heterocycles. The summed E-state index contributed by atoms with van der Waals surface area (Å²) < 4.78 is 1.80. The van der Waals surface area contributed by atoms with Crippen LogP contribution in [0.25, 0.3) is 0 Å². The Balaban J connectivity index is 0.00000128. The van der Waals surface area contributed by atoms with Crippen LogP contribution >= 0.6 is 23.7 Å². The van der Waals surface area contributed by atoms with Crippen molar-refractivity contribution in [3.05, 3.63) is 28.7 Å². The van der Waals surface area contributed by atoms with Gasteiger partial charge >= 0.3 is 0 Å². The van der Waals surface area contributed by atoms with Crippen molar-refractivity contribution >= 4 is 23.7 Å². The first-order chi connectivity index (χ1) is 7.34. The second kappa shape index (κ2) is 6.57. The van der Waals surface area contributed by atoms with E-state index in [1.165, 1.54) is 0 Å². The third-order valence-electron chi connectivity index (χ3n) is 1.96. The minimum atomic E-state index is 0. The second-order valence-corrected chi connectivity index (χ2v) is 4.26. The molecular formula is C9H14ClN5S. The van der Waals surface area contributed by atoms with Crippen LogP contribution in [0, 0.1) is 6.92 Å². The van der Waals surface area contributed by atoms with E-state index in [4.69, 9.17) is 0 Å². The van der Waals surface area contributed by atoms with Gasteiger partial charge in [-0.2, -0.15) is 5.10 Å². The Hall–Kier alpha value is -0.980. The molecule has 0 radical (unpaired) electrons. The first kappa shape index (κ1) is 13.1. The van der Waals surface area contributed by atoms with E-state index in [0.717, 1.165) is 30.3 Å². The lowest BCUT2D eigenvalue weighted by Crippen LogP contribution is -2.19. The van der Waals surface area contributed by atoms with Gasteiger partial charge < -0.3 is 5.32 Å². The number of nitrogens with one attached hydrogen (secondary N) is 1. The highest BCUT2D eigenvalue weighted by molar-refractivity contribution is 7.09. The zero-order chi connectivity index (χ0) is 10.5. The summed E-state index contributed by atoms with van der Waals surface area (Å²) in [6, 6.07) is 0. The second-order valence-electron chi connectivity index (χ2n) is 3.19. The number of aryl methyl sites for hydroxylation is 1. The summed E-state index contributed by atoms with van der Waals surface area (Å²) in [5, 5.41) is 10.5. The van der Waals surface area contributed by atoms with Crippen LogP contribution in [0.2, 0.25) is 0 Å². The van der Waals surface area contributed by atoms with Crippen molar-refractivity contribution in [2.24, 2.45) is 0 Å². The summed E-state index contributed by atoms with van der Waals surface area (Å²) in [6.45, 7) is 4.55. The van der Waals surface area contributed by atoms with E-state index in [1.807, 2.05) is 6.92 Å². The Morgan fingerprint density at radius 2 is 2.38 bits per heavy atom. The van der Waals surface area contributed by atoms with Gasteiger partial charge in [0.2, 0.25) is 0 Å². The molecule has 0 atom stereocenters. The van der Waals surface area contributed by atoms with E-state index in [1.54, 1.807) is 28.7 Å². The third kappa shape index (κ3) is 3.88. The van der Waals surface area contributed by atoms with E-state index < -0.39 is 0 Å². The quantitative estimate of drug-likeness (QED) is 0.822. The van der Waals surface area contributed by atoms with E-state index in [0.29, 0.717) is 0 Å². The monoisotopic (exact) mass is 259 g/mol. The largest absolute Gasteiger partial charge is 0.309 e. The van der Waals surface area contributed by atoms with E-state index in [-0.39, 0.29) is 12.4 Å². The summed E-state index contributed by atoms with van der Waals surface area (Å²) in [7, 11) is 0. The van der Waals surface area contributed by atoms with Crippen LogP contribution < -0.4 is 5.32 Å². The molecule has 0 aliphatic carbocycles. The maximum Gasteiger partial charge on any atom is 0.137 e. The standard InChI is InChI=1S/C9H13N5S.ClH/c1-8-13-9(5-15-8)4-10-2-3-14-7-11-6-12-14;/h5-7,10H,2-4H2,1H3;1H. The molecular weight excluding hydrogens is 246 g/mol. The number of aromatic nitrogens is 4. The molecule has 2 rings (SSSR count). The fourth-order valence-electron chi connectivity index (χ4n) is 1.25. The van der Waals surface area contributed by atoms with Gasteiger partial charge in [0, 0.05) is 18.5 Å². The first-order valence-corrected chi connectivity index (χ1v) is 5.67. The van der Waals surface area contributed by atoms with Crippen molar-refractivity contribution in [1.29, 1.82) is 0 Å². The molecule has 0 bridgehead atoms. The molecule has 16 heavy (non-hydrogen) atoms. The summed E-state index contributed by atoms with van der Waals surface area (Å²) in [6.07, 6.45) is 3.26. The van der Waals surface area contributed by atoms with Crippen molar-refractivity contribution in [3.63, 3.8) is 0 Å². The maximum absolute atomic E-state index is 4.37. The number of hydrogen-bond donors (Lipinski definition) is 1. The molecule has 2 aromatic heterocycles. The van der Waals surface area contributed by atoms with Gasteiger partial charge in [0.05, 0.1) is 17.2 Å². The molecule has 2 aromatic rings. The highest BCUT2D eigenvalue weighted by Gasteiger charge is 1.97. The molecule has 0 spiro atoms. The lowest BCUT2D eigenvalue weighted by Gasteiger charge is -2.01. The van der Waals surface area contributed by atoms with Gasteiger partial charge in [-0.25, -0.2) is 9.97 Å². The smallest absolute Gasteiger partial charge is 0.137 e. The van der Waals surface area contributed by atoms with Gasteiger partial charge in [0.1, 0.15) is 12.7 Å². The SMILES string of the molecule is Cc1nc(CNCCn2cncn2)cs1.Cl. The fourth-order valence-corrected chi connectivity index (χ4v) is 1.86. The topological polar surface area (TPSA) is 55.6 Å². The molecule has 0 aliphatic heterocycles. The van der Waals surface area contributed by atoms with Crippen molar-refractivity contribution in [1.82, 2.24) is 25.1 Å². The zero-order valence-corrected chi connectivity index (χ0v) is 10.6. The molecule has 5 nitrogen and oxygen atoms in total. The van der Waals surface area contributed by atoms with E-state index in [9.17, 15) is 0 Å². The molecule has 1 N–H and O–H groups in total. The van der Waals surface area contributed by atoms with Gasteiger partial charge in [-0.05, 0) is 6.92 Å². The summed E-state index contributed by atoms with van der Waals surface area (Å²) in [4.78, 5) is 8.24. The van der Waals surface area contributed by atoms with Gasteiger partial charge in [-0.1, -0.05) is 0 Å². The first-order valence-electron chi connectivity index (χ1n) is 4.79. The molecule has 88 valence electrons. The van der Waals surface area contributed by atoms with Crippen LogP contribution in [0.1, 0.15) is 10.7 Å². The Kier molecular flexibility index (Phi) is 5.37. The van der Waals surface area contributed by atoms with Gasteiger partial charge in [-0.15, -0.1) is 23.7 Å². The Morgan fingerprint density at radius 3 is 3.00 bits per heavy atom. The van der Waals surface area contributed by atoms with Crippen molar-refractivity contribution in [2.45, 2.75) is 20.0 Å². The van der Waals surface area contributed by atoms with Crippen molar-refractivity contribution < 1.29 is 0 Å². The van der Waals surface area contributed by atoms with Crippen LogP contribution in [0.5, 0.6) is 0 Å². The van der Waals surface area contributed by atoms with Crippen LogP contribution in [0.4, 0.5) is 0 Å². The zero-order valence-electron chi connectivity index (χ0n) is 8.96. The van der Waals surface area contributed by atoms with Gasteiger partial charge in [0.15, 0.2) is 0 Å².